The monoisotopic (exact) mass is 323 g/mol. The van der Waals surface area contributed by atoms with Crippen LogP contribution in [0.5, 0.6) is 0 Å². The number of benzene rings is 2. The minimum absolute atomic E-state index is 0.0506. The number of rotatable bonds is 3. The van der Waals surface area contributed by atoms with Crippen molar-refractivity contribution >= 4 is 17.0 Å². The number of carbonyl (C=O) groups is 1. The molecule has 3 aromatic rings. The molecule has 0 fully saturated rings. The quantitative estimate of drug-likeness (QED) is 0.721. The Morgan fingerprint density at radius 2 is 1.57 bits per heavy atom. The third-order valence-corrected chi connectivity index (χ3v) is 4.35. The average molecular weight is 323 g/mol. The number of aromatic nitrogens is 2. The summed E-state index contributed by atoms with van der Waals surface area (Å²) in [6.45, 7) is 0. The lowest BCUT2D eigenvalue weighted by molar-refractivity contribution is 0.241. The molecule has 3 rings (SSSR count). The molecule has 0 unspecified atom stereocenters. The molecular formula is C18H17N3OS. The molecule has 0 spiro atoms. The highest BCUT2D eigenvalue weighted by Crippen LogP contribution is 2.25. The van der Waals surface area contributed by atoms with Crippen LogP contribution in [0.4, 0.5) is 4.79 Å². The zero-order valence-corrected chi connectivity index (χ0v) is 13.8. The Bertz CT molecular complexity index is 795. The SMILES string of the molecule is CN(C)C(=O)Sc1ncc(-c2ccc(-c3ccccc3)cc2)[nH]1. The van der Waals surface area contributed by atoms with E-state index in [2.05, 4.69) is 46.4 Å². The van der Waals surface area contributed by atoms with Crippen LogP contribution in [0.2, 0.25) is 0 Å². The van der Waals surface area contributed by atoms with Gasteiger partial charge in [0.15, 0.2) is 5.16 Å². The molecule has 5 heteroatoms. The van der Waals surface area contributed by atoms with Gasteiger partial charge < -0.3 is 9.88 Å². The Hall–Kier alpha value is -2.53. The number of hydrogen-bond acceptors (Lipinski definition) is 3. The lowest BCUT2D eigenvalue weighted by Gasteiger charge is -2.06. The van der Waals surface area contributed by atoms with Gasteiger partial charge in [0.2, 0.25) is 0 Å². The molecular weight excluding hydrogens is 306 g/mol. The fourth-order valence-corrected chi connectivity index (χ4v) is 2.76. The van der Waals surface area contributed by atoms with E-state index in [1.165, 1.54) is 16.0 Å². The van der Waals surface area contributed by atoms with Crippen molar-refractivity contribution in [2.45, 2.75) is 5.16 Å². The Labute approximate surface area is 139 Å². The van der Waals surface area contributed by atoms with Gasteiger partial charge >= 0.3 is 0 Å². The summed E-state index contributed by atoms with van der Waals surface area (Å²) < 4.78 is 0. The van der Waals surface area contributed by atoms with Crippen LogP contribution in [0.25, 0.3) is 22.4 Å². The second-order valence-electron chi connectivity index (χ2n) is 5.31. The molecule has 1 N–H and O–H groups in total. The van der Waals surface area contributed by atoms with Gasteiger partial charge in [-0.1, -0.05) is 54.6 Å². The molecule has 116 valence electrons. The van der Waals surface area contributed by atoms with Gasteiger partial charge in [-0.3, -0.25) is 4.79 Å². The Kier molecular flexibility index (Phi) is 4.48. The van der Waals surface area contributed by atoms with Crippen molar-refractivity contribution in [3.8, 4) is 22.4 Å². The van der Waals surface area contributed by atoms with E-state index in [1.54, 1.807) is 20.3 Å². The average Bonchev–Trinajstić information content (AvgIpc) is 3.04. The van der Waals surface area contributed by atoms with E-state index in [1.807, 2.05) is 18.2 Å². The van der Waals surface area contributed by atoms with E-state index in [-0.39, 0.29) is 5.24 Å². The van der Waals surface area contributed by atoms with Gasteiger partial charge in [-0.05, 0) is 16.7 Å². The van der Waals surface area contributed by atoms with E-state index in [0.29, 0.717) is 5.16 Å². The first-order chi connectivity index (χ1) is 11.1. The number of amides is 1. The Morgan fingerprint density at radius 1 is 0.957 bits per heavy atom. The summed E-state index contributed by atoms with van der Waals surface area (Å²) in [5.74, 6) is 0. The van der Waals surface area contributed by atoms with Crippen LogP contribution in [-0.2, 0) is 0 Å². The maximum absolute atomic E-state index is 11.7. The minimum atomic E-state index is -0.0506. The van der Waals surface area contributed by atoms with Crippen LogP contribution < -0.4 is 0 Å². The van der Waals surface area contributed by atoms with Crippen LogP contribution in [0.3, 0.4) is 0 Å². The van der Waals surface area contributed by atoms with Crippen molar-refractivity contribution < 1.29 is 4.79 Å². The number of nitrogens with zero attached hydrogens (tertiary/aromatic N) is 2. The number of thioether (sulfide) groups is 1. The predicted octanol–water partition coefficient (Wildman–Crippen LogP) is 4.52. The molecule has 0 aliphatic heterocycles. The van der Waals surface area contributed by atoms with E-state index in [9.17, 15) is 4.79 Å². The topological polar surface area (TPSA) is 49.0 Å². The summed E-state index contributed by atoms with van der Waals surface area (Å²) >= 11 is 1.09. The van der Waals surface area contributed by atoms with Crippen molar-refractivity contribution in [3.63, 3.8) is 0 Å². The number of nitrogens with one attached hydrogen (secondary N) is 1. The van der Waals surface area contributed by atoms with Gasteiger partial charge in [-0.2, -0.15) is 0 Å². The van der Waals surface area contributed by atoms with E-state index in [4.69, 9.17) is 0 Å². The van der Waals surface area contributed by atoms with Crippen LogP contribution in [0.15, 0.2) is 66.0 Å². The summed E-state index contributed by atoms with van der Waals surface area (Å²) in [5, 5.41) is 0.552. The highest BCUT2D eigenvalue weighted by atomic mass is 32.2. The number of imidazole rings is 1. The molecule has 0 radical (unpaired) electrons. The summed E-state index contributed by atoms with van der Waals surface area (Å²) in [5.41, 5.74) is 4.31. The molecule has 23 heavy (non-hydrogen) atoms. The van der Waals surface area contributed by atoms with Gasteiger partial charge in [0.1, 0.15) is 0 Å². The lowest BCUT2D eigenvalue weighted by Crippen LogP contribution is -2.16. The smallest absolute Gasteiger partial charge is 0.288 e. The normalized spacial score (nSPS) is 10.5. The van der Waals surface area contributed by atoms with Crippen LogP contribution in [0, 0.1) is 0 Å². The molecule has 4 nitrogen and oxygen atoms in total. The first-order valence-electron chi connectivity index (χ1n) is 7.23. The second kappa shape index (κ2) is 6.71. The van der Waals surface area contributed by atoms with E-state index >= 15 is 0 Å². The van der Waals surface area contributed by atoms with Gasteiger partial charge in [0.25, 0.3) is 5.24 Å². The fourth-order valence-electron chi connectivity index (χ4n) is 2.15. The van der Waals surface area contributed by atoms with Gasteiger partial charge in [0, 0.05) is 25.9 Å². The first-order valence-corrected chi connectivity index (χ1v) is 8.05. The van der Waals surface area contributed by atoms with Gasteiger partial charge in [-0.25, -0.2) is 4.98 Å². The number of hydrogen-bond donors (Lipinski definition) is 1. The van der Waals surface area contributed by atoms with Crippen molar-refractivity contribution in [2.75, 3.05) is 14.1 Å². The summed E-state index contributed by atoms with van der Waals surface area (Å²) in [6, 6.07) is 18.5. The maximum atomic E-state index is 11.7. The van der Waals surface area contributed by atoms with Crippen molar-refractivity contribution in [3.05, 3.63) is 60.8 Å². The molecule has 1 amide bonds. The number of aromatic amines is 1. The summed E-state index contributed by atoms with van der Waals surface area (Å²) in [6.07, 6.45) is 1.75. The number of H-pyrrole nitrogens is 1. The predicted molar refractivity (Wildman–Crippen MR) is 94.4 cm³/mol. The third kappa shape index (κ3) is 3.63. The highest BCUT2D eigenvalue weighted by Gasteiger charge is 2.10. The Balaban J connectivity index is 1.78. The first kappa shape index (κ1) is 15.4. The molecule has 0 aliphatic rings. The third-order valence-electron chi connectivity index (χ3n) is 3.40. The summed E-state index contributed by atoms with van der Waals surface area (Å²) in [4.78, 5) is 20.7. The van der Waals surface area contributed by atoms with Gasteiger partial charge in [0.05, 0.1) is 11.9 Å². The molecule has 2 aromatic carbocycles. The highest BCUT2D eigenvalue weighted by molar-refractivity contribution is 8.13. The van der Waals surface area contributed by atoms with Crippen LogP contribution in [0.1, 0.15) is 0 Å². The van der Waals surface area contributed by atoms with Crippen molar-refractivity contribution in [1.82, 2.24) is 14.9 Å². The molecule has 0 saturated carbocycles. The molecule has 0 bridgehead atoms. The molecule has 1 heterocycles. The van der Waals surface area contributed by atoms with E-state index < -0.39 is 0 Å². The molecule has 0 atom stereocenters. The second-order valence-corrected chi connectivity index (χ2v) is 6.25. The molecule has 0 saturated heterocycles. The zero-order valence-electron chi connectivity index (χ0n) is 13.0. The minimum Gasteiger partial charge on any atom is -0.339 e. The van der Waals surface area contributed by atoms with Gasteiger partial charge in [-0.15, -0.1) is 0 Å². The standard InChI is InChI=1S/C18H17N3OS/c1-21(2)18(22)23-17-19-12-16(20-17)15-10-8-14(9-11-15)13-6-4-3-5-7-13/h3-12H,1-2H3,(H,19,20). The zero-order chi connectivity index (χ0) is 16.2. The molecule has 1 aromatic heterocycles. The summed E-state index contributed by atoms with van der Waals surface area (Å²) in [7, 11) is 3.45. The van der Waals surface area contributed by atoms with Crippen LogP contribution in [-0.4, -0.2) is 34.2 Å². The lowest BCUT2D eigenvalue weighted by atomic mass is 10.0. The van der Waals surface area contributed by atoms with E-state index in [0.717, 1.165) is 23.0 Å². The molecule has 0 aliphatic carbocycles. The Morgan fingerprint density at radius 3 is 2.22 bits per heavy atom. The van der Waals surface area contributed by atoms with Crippen molar-refractivity contribution in [1.29, 1.82) is 0 Å². The van der Waals surface area contributed by atoms with Crippen molar-refractivity contribution in [2.24, 2.45) is 0 Å². The number of carbonyl (C=O) groups excluding carboxylic acids is 1. The largest absolute Gasteiger partial charge is 0.339 e. The van der Waals surface area contributed by atoms with Crippen LogP contribution >= 0.6 is 11.8 Å². The fraction of sp³-hybridized carbons (Fsp3) is 0.111. The maximum Gasteiger partial charge on any atom is 0.288 e.